The largest absolute Gasteiger partial charge is 0.468 e. The summed E-state index contributed by atoms with van der Waals surface area (Å²) in [6.07, 6.45) is 4.98. The van der Waals surface area contributed by atoms with Gasteiger partial charge in [0.25, 0.3) is 0 Å². The van der Waals surface area contributed by atoms with E-state index < -0.39 is 0 Å². The summed E-state index contributed by atoms with van der Waals surface area (Å²) in [6, 6.07) is 3.86. The van der Waals surface area contributed by atoms with Crippen molar-refractivity contribution in [1.82, 2.24) is 20.2 Å². The molecule has 4 rings (SSSR count). The number of aromatic nitrogens is 2. The number of nitrogens with zero attached hydrogens (tertiary/aromatic N) is 4. The molecule has 160 valence electrons. The summed E-state index contributed by atoms with van der Waals surface area (Å²) < 4.78 is 5.53. The van der Waals surface area contributed by atoms with Gasteiger partial charge in [-0.3, -0.25) is 9.69 Å². The topological polar surface area (TPSA) is 74.5 Å². The van der Waals surface area contributed by atoms with E-state index in [0.29, 0.717) is 6.54 Å². The van der Waals surface area contributed by atoms with E-state index in [1.54, 1.807) is 23.9 Å². The molecule has 4 heterocycles. The van der Waals surface area contributed by atoms with Crippen molar-refractivity contribution < 1.29 is 9.21 Å². The Balaban J connectivity index is 1.37. The van der Waals surface area contributed by atoms with Gasteiger partial charge in [0.2, 0.25) is 5.91 Å². The summed E-state index contributed by atoms with van der Waals surface area (Å²) >= 11 is 1.72. The summed E-state index contributed by atoms with van der Waals surface area (Å²) in [5, 5.41) is 4.30. The third-order valence-electron chi connectivity index (χ3n) is 6.08. The van der Waals surface area contributed by atoms with Crippen LogP contribution in [0.2, 0.25) is 0 Å². The number of piperidine rings is 1. The predicted octanol–water partition coefficient (Wildman–Crippen LogP) is 3.54. The van der Waals surface area contributed by atoms with E-state index in [2.05, 4.69) is 38.9 Å². The normalized spacial score (nSPS) is 16.4. The number of fused-ring (bicyclic) bond motifs is 1. The molecule has 1 saturated heterocycles. The summed E-state index contributed by atoms with van der Waals surface area (Å²) in [5.41, 5.74) is 1.26. The summed E-state index contributed by atoms with van der Waals surface area (Å²) in [7, 11) is 3.99. The number of aryl methyl sites for hydroxylation is 2. The van der Waals surface area contributed by atoms with Gasteiger partial charge in [0.15, 0.2) is 0 Å². The first-order chi connectivity index (χ1) is 14.5. The maximum absolute atomic E-state index is 12.8. The molecular formula is C22H29N5O2S. The average molecular weight is 428 g/mol. The highest BCUT2D eigenvalue weighted by atomic mass is 32.1. The second-order valence-electron chi connectivity index (χ2n) is 8.16. The van der Waals surface area contributed by atoms with Gasteiger partial charge >= 0.3 is 0 Å². The average Bonchev–Trinajstić information content (AvgIpc) is 3.36. The molecule has 3 aromatic heterocycles. The van der Waals surface area contributed by atoms with Crippen LogP contribution in [0.25, 0.3) is 10.2 Å². The highest BCUT2D eigenvalue weighted by Crippen LogP contribution is 2.35. The lowest BCUT2D eigenvalue weighted by atomic mass is 9.95. The molecule has 1 aliphatic heterocycles. The van der Waals surface area contributed by atoms with Crippen LogP contribution in [0.3, 0.4) is 0 Å². The minimum atomic E-state index is 0.0307. The number of nitrogens with one attached hydrogen (secondary N) is 1. The van der Waals surface area contributed by atoms with Crippen molar-refractivity contribution in [3.63, 3.8) is 0 Å². The highest BCUT2D eigenvalue weighted by Gasteiger charge is 2.28. The third-order valence-corrected chi connectivity index (χ3v) is 7.19. The lowest BCUT2D eigenvalue weighted by Crippen LogP contribution is -2.43. The number of anilines is 1. The quantitative estimate of drug-likeness (QED) is 0.649. The zero-order valence-corrected chi connectivity index (χ0v) is 18.8. The number of carbonyl (C=O) groups excluding carboxylic acids is 1. The summed E-state index contributed by atoms with van der Waals surface area (Å²) in [5.74, 6) is 2.03. The Morgan fingerprint density at radius 3 is 2.77 bits per heavy atom. The van der Waals surface area contributed by atoms with Gasteiger partial charge in [-0.25, -0.2) is 9.97 Å². The van der Waals surface area contributed by atoms with Crippen molar-refractivity contribution in [2.24, 2.45) is 5.92 Å². The van der Waals surface area contributed by atoms with Gasteiger partial charge < -0.3 is 14.6 Å². The van der Waals surface area contributed by atoms with Crippen molar-refractivity contribution in [2.75, 3.05) is 38.6 Å². The first-order valence-corrected chi connectivity index (χ1v) is 11.2. The Bertz CT molecular complexity index is 1010. The summed E-state index contributed by atoms with van der Waals surface area (Å²) in [4.78, 5) is 28.5. The number of amides is 1. The van der Waals surface area contributed by atoms with Gasteiger partial charge in [0, 0.05) is 30.4 Å². The number of hydrogen-bond acceptors (Lipinski definition) is 7. The number of hydrogen-bond donors (Lipinski definition) is 1. The lowest BCUT2D eigenvalue weighted by Gasteiger charge is -2.33. The van der Waals surface area contributed by atoms with Gasteiger partial charge in [-0.1, -0.05) is 0 Å². The lowest BCUT2D eigenvalue weighted by molar-refractivity contribution is -0.125. The van der Waals surface area contributed by atoms with Crippen molar-refractivity contribution >= 4 is 33.3 Å². The standard InChI is InChI=1S/C22H29N5O2S/c1-14-15(2)30-22-19(14)20(24-13-25-22)27-9-7-16(8-10-27)21(28)23-12-17(26(3)4)18-6-5-11-29-18/h5-6,11,13,16-17H,7-10,12H2,1-4H3,(H,23,28)/t17-/m1/s1. The van der Waals surface area contributed by atoms with Crippen LogP contribution in [0, 0.1) is 19.8 Å². The van der Waals surface area contributed by atoms with E-state index in [1.165, 1.54) is 10.4 Å². The van der Waals surface area contributed by atoms with E-state index in [0.717, 1.165) is 47.7 Å². The molecule has 0 unspecified atom stereocenters. The van der Waals surface area contributed by atoms with E-state index >= 15 is 0 Å². The molecule has 0 bridgehead atoms. The molecule has 1 atom stereocenters. The summed E-state index contributed by atoms with van der Waals surface area (Å²) in [6.45, 7) is 6.47. The Kier molecular flexibility index (Phi) is 6.06. The van der Waals surface area contributed by atoms with E-state index in [9.17, 15) is 4.79 Å². The number of thiophene rings is 1. The number of furan rings is 1. The van der Waals surface area contributed by atoms with Gasteiger partial charge in [-0.05, 0) is 58.5 Å². The minimum Gasteiger partial charge on any atom is -0.468 e. The molecule has 0 aliphatic carbocycles. The predicted molar refractivity (Wildman–Crippen MR) is 120 cm³/mol. The van der Waals surface area contributed by atoms with Crippen LogP contribution in [-0.4, -0.2) is 54.5 Å². The smallest absolute Gasteiger partial charge is 0.223 e. The van der Waals surface area contributed by atoms with Crippen molar-refractivity contribution in [3.05, 3.63) is 40.9 Å². The fraction of sp³-hybridized carbons (Fsp3) is 0.500. The molecule has 1 aliphatic rings. The molecule has 0 spiro atoms. The molecule has 1 fully saturated rings. The molecule has 1 N–H and O–H groups in total. The molecule has 7 nitrogen and oxygen atoms in total. The van der Waals surface area contributed by atoms with E-state index in [4.69, 9.17) is 4.42 Å². The Hall–Kier alpha value is -2.45. The monoisotopic (exact) mass is 427 g/mol. The van der Waals surface area contributed by atoms with Crippen LogP contribution < -0.4 is 10.2 Å². The molecule has 8 heteroatoms. The zero-order valence-electron chi connectivity index (χ0n) is 18.0. The van der Waals surface area contributed by atoms with Gasteiger partial charge in [-0.15, -0.1) is 11.3 Å². The maximum atomic E-state index is 12.8. The van der Waals surface area contributed by atoms with Crippen molar-refractivity contribution in [3.8, 4) is 0 Å². The second-order valence-corrected chi connectivity index (χ2v) is 9.37. The fourth-order valence-electron chi connectivity index (χ4n) is 4.12. The van der Waals surface area contributed by atoms with Crippen LogP contribution in [0.4, 0.5) is 5.82 Å². The number of likely N-dealkylation sites (N-methyl/N-ethyl adjacent to an activating group) is 1. The molecule has 0 saturated carbocycles. The molecule has 1 amide bonds. The van der Waals surface area contributed by atoms with Crippen molar-refractivity contribution in [2.45, 2.75) is 32.7 Å². The van der Waals surface area contributed by atoms with Gasteiger partial charge in [-0.2, -0.15) is 0 Å². The highest BCUT2D eigenvalue weighted by molar-refractivity contribution is 7.18. The zero-order chi connectivity index (χ0) is 21.3. The molecule has 30 heavy (non-hydrogen) atoms. The molecule has 3 aromatic rings. The van der Waals surface area contributed by atoms with Crippen LogP contribution in [-0.2, 0) is 4.79 Å². The van der Waals surface area contributed by atoms with Gasteiger partial charge in [0.1, 0.15) is 22.7 Å². The van der Waals surface area contributed by atoms with Crippen LogP contribution in [0.5, 0.6) is 0 Å². The minimum absolute atomic E-state index is 0.0307. The first kappa shape index (κ1) is 20.8. The van der Waals surface area contributed by atoms with Crippen LogP contribution >= 0.6 is 11.3 Å². The first-order valence-electron chi connectivity index (χ1n) is 10.4. The Labute approximate surface area is 181 Å². The second kappa shape index (κ2) is 8.73. The van der Waals surface area contributed by atoms with Crippen molar-refractivity contribution in [1.29, 1.82) is 0 Å². The fourth-order valence-corrected chi connectivity index (χ4v) is 5.11. The molecule has 0 aromatic carbocycles. The SMILES string of the molecule is Cc1sc2ncnc(N3CCC(C(=O)NC[C@H](c4ccco4)N(C)C)CC3)c2c1C. The Morgan fingerprint density at radius 1 is 1.33 bits per heavy atom. The van der Waals surface area contributed by atoms with Gasteiger partial charge in [0.05, 0.1) is 17.7 Å². The number of rotatable bonds is 6. The Morgan fingerprint density at radius 2 is 2.10 bits per heavy atom. The van der Waals surface area contributed by atoms with E-state index in [-0.39, 0.29) is 17.9 Å². The third kappa shape index (κ3) is 4.06. The maximum Gasteiger partial charge on any atom is 0.223 e. The number of carbonyl (C=O) groups is 1. The van der Waals surface area contributed by atoms with Crippen LogP contribution in [0.15, 0.2) is 29.1 Å². The molecule has 0 radical (unpaired) electrons. The van der Waals surface area contributed by atoms with Crippen LogP contribution in [0.1, 0.15) is 35.1 Å². The van der Waals surface area contributed by atoms with E-state index in [1.807, 2.05) is 26.2 Å². The molecular weight excluding hydrogens is 398 g/mol.